The zero-order valence-corrected chi connectivity index (χ0v) is 10.2. The first kappa shape index (κ1) is 13.4. The number of carbonyl (C=O) groups is 2. The van der Waals surface area contributed by atoms with Crippen LogP contribution in [0.5, 0.6) is 0 Å². The fraction of sp³-hybridized carbons (Fsp3) is 0.364. The van der Waals surface area contributed by atoms with Gasteiger partial charge in [-0.15, -0.1) is 0 Å². The second-order valence-corrected chi connectivity index (χ2v) is 3.68. The summed E-state index contributed by atoms with van der Waals surface area (Å²) >= 11 is 5.90. The normalized spacial score (nSPS) is 10.1. The van der Waals surface area contributed by atoms with Gasteiger partial charge in [-0.3, -0.25) is 14.6 Å². The van der Waals surface area contributed by atoms with Gasteiger partial charge in [0.05, 0.1) is 19.2 Å². The van der Waals surface area contributed by atoms with Crippen molar-refractivity contribution in [1.82, 2.24) is 4.98 Å². The maximum absolute atomic E-state index is 11.4. The average molecular weight is 258 g/mol. The molecule has 0 N–H and O–H groups in total. The molecule has 0 unspecified atom stereocenters. The number of halogens is 1. The second kappa shape index (κ2) is 6.20. The number of esters is 2. The summed E-state index contributed by atoms with van der Waals surface area (Å²) in [6, 6.07) is 1.64. The first-order valence-electron chi connectivity index (χ1n) is 4.84. The van der Waals surface area contributed by atoms with E-state index in [0.717, 1.165) is 0 Å². The van der Waals surface area contributed by atoms with Gasteiger partial charge in [-0.25, -0.2) is 0 Å². The van der Waals surface area contributed by atoms with E-state index in [1.165, 1.54) is 26.6 Å². The van der Waals surface area contributed by atoms with E-state index in [1.807, 2.05) is 0 Å². The minimum atomic E-state index is -1.01. The Balaban J connectivity index is 2.91. The number of carbonyl (C=O) groups excluding carboxylic acids is 2. The van der Waals surface area contributed by atoms with Crippen LogP contribution in [0.2, 0.25) is 5.02 Å². The van der Waals surface area contributed by atoms with Gasteiger partial charge in [-0.1, -0.05) is 11.6 Å². The number of ether oxygens (including phenoxy) is 2. The summed E-state index contributed by atoms with van der Waals surface area (Å²) in [7, 11) is 2.43. The molecule has 0 amide bonds. The van der Waals surface area contributed by atoms with Crippen LogP contribution in [-0.2, 0) is 25.5 Å². The summed E-state index contributed by atoms with van der Waals surface area (Å²) in [4.78, 5) is 26.7. The highest BCUT2D eigenvalue weighted by Gasteiger charge is 2.29. The van der Waals surface area contributed by atoms with Crippen LogP contribution in [0.3, 0.4) is 0 Å². The van der Waals surface area contributed by atoms with Crippen molar-refractivity contribution in [1.29, 1.82) is 0 Å². The molecular formula is C11H12ClNO4. The van der Waals surface area contributed by atoms with E-state index in [-0.39, 0.29) is 6.42 Å². The molecule has 0 aliphatic rings. The summed E-state index contributed by atoms with van der Waals surface area (Å²) in [6.07, 6.45) is 3.11. The number of methoxy groups -OCH3 is 2. The Labute approximate surface area is 104 Å². The molecule has 17 heavy (non-hydrogen) atoms. The minimum Gasteiger partial charge on any atom is -0.468 e. The molecule has 0 atom stereocenters. The van der Waals surface area contributed by atoms with Crippen LogP contribution in [0, 0.1) is 5.92 Å². The topological polar surface area (TPSA) is 65.5 Å². The van der Waals surface area contributed by atoms with Crippen molar-refractivity contribution in [3.05, 3.63) is 29.0 Å². The molecule has 1 heterocycles. The molecule has 1 rings (SSSR count). The lowest BCUT2D eigenvalue weighted by atomic mass is 10.0. The van der Waals surface area contributed by atoms with Crippen molar-refractivity contribution in [2.45, 2.75) is 6.42 Å². The molecule has 92 valence electrons. The molecule has 1 aromatic heterocycles. The fourth-order valence-corrected chi connectivity index (χ4v) is 1.53. The van der Waals surface area contributed by atoms with Crippen LogP contribution >= 0.6 is 11.6 Å². The van der Waals surface area contributed by atoms with Gasteiger partial charge in [0.25, 0.3) is 0 Å². The highest BCUT2D eigenvalue weighted by Crippen LogP contribution is 2.19. The lowest BCUT2D eigenvalue weighted by Gasteiger charge is -2.12. The van der Waals surface area contributed by atoms with Gasteiger partial charge in [0.2, 0.25) is 0 Å². The van der Waals surface area contributed by atoms with Crippen molar-refractivity contribution in [2.24, 2.45) is 5.92 Å². The van der Waals surface area contributed by atoms with E-state index < -0.39 is 17.9 Å². The molecule has 0 saturated carbocycles. The molecule has 0 bridgehead atoms. The lowest BCUT2D eigenvalue weighted by Crippen LogP contribution is -2.28. The molecule has 0 aliphatic carbocycles. The summed E-state index contributed by atoms with van der Waals surface area (Å²) in [5, 5.41) is 0.394. The largest absolute Gasteiger partial charge is 0.468 e. The zero-order chi connectivity index (χ0) is 12.8. The van der Waals surface area contributed by atoms with Gasteiger partial charge in [-0.2, -0.15) is 0 Å². The molecule has 0 aliphatic heterocycles. The summed E-state index contributed by atoms with van der Waals surface area (Å²) < 4.78 is 9.10. The van der Waals surface area contributed by atoms with Crippen molar-refractivity contribution in [3.63, 3.8) is 0 Å². The summed E-state index contributed by atoms with van der Waals surface area (Å²) in [5.41, 5.74) is 0.641. The molecule has 0 spiro atoms. The van der Waals surface area contributed by atoms with E-state index in [9.17, 15) is 9.59 Å². The fourth-order valence-electron chi connectivity index (χ4n) is 1.34. The van der Waals surface area contributed by atoms with Crippen molar-refractivity contribution in [3.8, 4) is 0 Å². The predicted octanol–water partition coefficient (Wildman–Crippen LogP) is 1.24. The van der Waals surface area contributed by atoms with Crippen LogP contribution in [0.4, 0.5) is 0 Å². The Morgan fingerprint density at radius 1 is 1.35 bits per heavy atom. The highest BCUT2D eigenvalue weighted by atomic mass is 35.5. The van der Waals surface area contributed by atoms with E-state index in [2.05, 4.69) is 14.5 Å². The third-order valence-corrected chi connectivity index (χ3v) is 2.59. The quantitative estimate of drug-likeness (QED) is 0.600. The molecule has 5 nitrogen and oxygen atoms in total. The van der Waals surface area contributed by atoms with E-state index >= 15 is 0 Å². The summed E-state index contributed by atoms with van der Waals surface area (Å²) in [6.45, 7) is 0. The highest BCUT2D eigenvalue weighted by molar-refractivity contribution is 6.31. The maximum Gasteiger partial charge on any atom is 0.320 e. The summed E-state index contributed by atoms with van der Waals surface area (Å²) in [5.74, 6) is -2.31. The maximum atomic E-state index is 11.4. The lowest BCUT2D eigenvalue weighted by molar-refractivity contribution is -0.158. The average Bonchev–Trinajstić information content (AvgIpc) is 2.36. The third-order valence-electron chi connectivity index (χ3n) is 2.25. The first-order chi connectivity index (χ1) is 8.10. The number of aromatic nitrogens is 1. The number of pyridine rings is 1. The number of hydrogen-bond acceptors (Lipinski definition) is 5. The molecular weight excluding hydrogens is 246 g/mol. The minimum absolute atomic E-state index is 0.126. The molecule has 0 radical (unpaired) electrons. The van der Waals surface area contributed by atoms with Crippen molar-refractivity contribution >= 4 is 23.5 Å². The van der Waals surface area contributed by atoms with Gasteiger partial charge in [0, 0.05) is 12.4 Å². The first-order valence-corrected chi connectivity index (χ1v) is 5.22. The van der Waals surface area contributed by atoms with Gasteiger partial charge in [-0.05, 0) is 18.1 Å². The second-order valence-electron chi connectivity index (χ2n) is 3.27. The standard InChI is InChI=1S/C11H12ClNO4/c1-16-10(14)8(11(15)17-2)5-7-3-4-13-6-9(7)12/h3-4,6,8H,5H2,1-2H3. The van der Waals surface area contributed by atoms with E-state index in [0.29, 0.717) is 10.6 Å². The monoisotopic (exact) mass is 257 g/mol. The van der Waals surface area contributed by atoms with Crippen LogP contribution in [0.25, 0.3) is 0 Å². The molecule has 0 saturated heterocycles. The number of hydrogen-bond donors (Lipinski definition) is 0. The Bertz CT molecular complexity index is 406. The predicted molar refractivity (Wildman–Crippen MR) is 60.5 cm³/mol. The third kappa shape index (κ3) is 3.42. The molecule has 6 heteroatoms. The van der Waals surface area contributed by atoms with E-state index in [4.69, 9.17) is 11.6 Å². The Kier molecular flexibility index (Phi) is 4.90. The van der Waals surface area contributed by atoms with Gasteiger partial charge in [0.15, 0.2) is 5.92 Å². The van der Waals surface area contributed by atoms with Gasteiger partial charge >= 0.3 is 11.9 Å². The van der Waals surface area contributed by atoms with Crippen molar-refractivity contribution < 1.29 is 19.1 Å². The Morgan fingerprint density at radius 3 is 2.41 bits per heavy atom. The molecule has 0 fully saturated rings. The van der Waals surface area contributed by atoms with Crippen LogP contribution in [0.15, 0.2) is 18.5 Å². The van der Waals surface area contributed by atoms with Gasteiger partial charge < -0.3 is 9.47 Å². The smallest absolute Gasteiger partial charge is 0.320 e. The Hall–Kier alpha value is -1.62. The van der Waals surface area contributed by atoms with Crippen LogP contribution in [-0.4, -0.2) is 31.1 Å². The molecule has 1 aromatic rings. The molecule has 0 aromatic carbocycles. The van der Waals surface area contributed by atoms with Crippen LogP contribution < -0.4 is 0 Å². The van der Waals surface area contributed by atoms with Crippen molar-refractivity contribution in [2.75, 3.05) is 14.2 Å². The number of nitrogens with zero attached hydrogens (tertiary/aromatic N) is 1. The van der Waals surface area contributed by atoms with Crippen LogP contribution in [0.1, 0.15) is 5.56 Å². The van der Waals surface area contributed by atoms with E-state index in [1.54, 1.807) is 6.07 Å². The zero-order valence-electron chi connectivity index (χ0n) is 9.47. The SMILES string of the molecule is COC(=O)C(Cc1ccncc1Cl)C(=O)OC. The van der Waals surface area contributed by atoms with Gasteiger partial charge in [0.1, 0.15) is 0 Å². The Morgan fingerprint density at radius 2 is 1.94 bits per heavy atom. The number of rotatable bonds is 4.